The van der Waals surface area contributed by atoms with E-state index < -0.39 is 10.0 Å². The Morgan fingerprint density at radius 2 is 2.00 bits per heavy atom. The monoisotopic (exact) mass is 395 g/mol. The standard InChI is InChI=1S/C20H21N5O2S/c21-12-14-5-4-6-15(11-14)24-19-17-9-10-25(20(17)23-13-18(19)22)28(26,27)16-7-2-1-3-8-16/h1-3,7-10,13-15H,4-6,11,22H2,(H,23,24)/t14-,15+/m0/s1. The van der Waals surface area contributed by atoms with Crippen molar-refractivity contribution in [1.82, 2.24) is 8.96 Å². The molecule has 2 atom stereocenters. The van der Waals surface area contributed by atoms with Crippen molar-refractivity contribution < 1.29 is 8.42 Å². The Bertz CT molecular complexity index is 1150. The molecular weight excluding hydrogens is 374 g/mol. The number of nitrogens with two attached hydrogens (primary N) is 1. The van der Waals surface area contributed by atoms with Crippen LogP contribution in [0.5, 0.6) is 0 Å². The minimum absolute atomic E-state index is 0.0351. The largest absolute Gasteiger partial charge is 0.396 e. The third kappa shape index (κ3) is 3.18. The van der Waals surface area contributed by atoms with Crippen molar-refractivity contribution >= 4 is 32.4 Å². The molecule has 0 spiro atoms. The van der Waals surface area contributed by atoms with E-state index in [2.05, 4.69) is 16.4 Å². The molecule has 7 nitrogen and oxygen atoms in total. The highest BCUT2D eigenvalue weighted by atomic mass is 32.2. The Balaban J connectivity index is 1.74. The minimum atomic E-state index is -3.76. The summed E-state index contributed by atoms with van der Waals surface area (Å²) < 4.78 is 27.2. The summed E-state index contributed by atoms with van der Waals surface area (Å²) in [6, 6.07) is 12.4. The lowest BCUT2D eigenvalue weighted by Crippen LogP contribution is -2.27. The smallest absolute Gasteiger partial charge is 0.269 e. The van der Waals surface area contributed by atoms with Gasteiger partial charge in [0.2, 0.25) is 0 Å². The number of aromatic nitrogens is 2. The summed E-state index contributed by atoms with van der Waals surface area (Å²) in [5.74, 6) is 0.0351. The topological polar surface area (TPSA) is 114 Å². The third-order valence-electron chi connectivity index (χ3n) is 5.22. The number of rotatable bonds is 4. The molecule has 0 radical (unpaired) electrons. The molecule has 3 aromatic rings. The van der Waals surface area contributed by atoms with Crippen molar-refractivity contribution in [2.24, 2.45) is 5.92 Å². The van der Waals surface area contributed by atoms with Gasteiger partial charge in [-0.05, 0) is 37.5 Å². The molecule has 2 heterocycles. The van der Waals surface area contributed by atoms with Gasteiger partial charge in [0.05, 0.1) is 28.5 Å². The lowest BCUT2D eigenvalue weighted by molar-refractivity contribution is 0.396. The molecule has 3 N–H and O–H groups in total. The number of nitrogens with one attached hydrogen (secondary N) is 1. The number of pyridine rings is 1. The van der Waals surface area contributed by atoms with E-state index in [0.29, 0.717) is 22.4 Å². The highest BCUT2D eigenvalue weighted by Crippen LogP contribution is 2.34. The zero-order valence-corrected chi connectivity index (χ0v) is 16.1. The number of hydrogen-bond donors (Lipinski definition) is 2. The molecule has 0 unspecified atom stereocenters. The second-order valence-electron chi connectivity index (χ2n) is 7.09. The highest BCUT2D eigenvalue weighted by Gasteiger charge is 2.25. The minimum Gasteiger partial charge on any atom is -0.396 e. The molecule has 144 valence electrons. The first-order chi connectivity index (χ1) is 13.5. The second-order valence-corrected chi connectivity index (χ2v) is 8.90. The van der Waals surface area contributed by atoms with E-state index in [4.69, 9.17) is 5.73 Å². The summed E-state index contributed by atoms with van der Waals surface area (Å²) in [6.45, 7) is 0. The third-order valence-corrected chi connectivity index (χ3v) is 6.90. The lowest BCUT2D eigenvalue weighted by atomic mass is 9.86. The Hall–Kier alpha value is -3.05. The van der Waals surface area contributed by atoms with Gasteiger partial charge in [-0.3, -0.25) is 0 Å². The molecule has 0 amide bonds. The molecule has 1 aliphatic rings. The maximum absolute atomic E-state index is 13.0. The summed E-state index contributed by atoms with van der Waals surface area (Å²) in [6.07, 6.45) is 6.58. The number of anilines is 2. The van der Waals surface area contributed by atoms with Crippen molar-refractivity contribution in [3.8, 4) is 6.07 Å². The fourth-order valence-electron chi connectivity index (χ4n) is 3.78. The van der Waals surface area contributed by atoms with Gasteiger partial charge in [-0.1, -0.05) is 24.6 Å². The van der Waals surface area contributed by atoms with Gasteiger partial charge in [-0.2, -0.15) is 5.26 Å². The quantitative estimate of drug-likeness (QED) is 0.700. The van der Waals surface area contributed by atoms with Gasteiger partial charge < -0.3 is 11.1 Å². The predicted molar refractivity (Wildman–Crippen MR) is 108 cm³/mol. The van der Waals surface area contributed by atoms with Gasteiger partial charge in [0.15, 0.2) is 5.65 Å². The SMILES string of the molecule is N#C[C@H]1CCC[C@@H](Nc2c(N)cnc3c2ccn3S(=O)(=O)c2ccccc2)C1. The fraction of sp³-hybridized carbons (Fsp3) is 0.300. The Morgan fingerprint density at radius 3 is 2.75 bits per heavy atom. The molecule has 28 heavy (non-hydrogen) atoms. The summed E-state index contributed by atoms with van der Waals surface area (Å²) >= 11 is 0. The first-order valence-electron chi connectivity index (χ1n) is 9.23. The molecule has 1 fully saturated rings. The van der Waals surface area contributed by atoms with E-state index in [1.807, 2.05) is 0 Å². The number of nitrogens with zero attached hydrogens (tertiary/aromatic N) is 3. The van der Waals surface area contributed by atoms with Crippen LogP contribution < -0.4 is 11.1 Å². The van der Waals surface area contributed by atoms with Gasteiger partial charge in [0.25, 0.3) is 10.0 Å². The zero-order valence-electron chi connectivity index (χ0n) is 15.2. The van der Waals surface area contributed by atoms with Crippen LogP contribution in [0, 0.1) is 17.2 Å². The van der Waals surface area contributed by atoms with Crippen LogP contribution in [0.2, 0.25) is 0 Å². The molecule has 1 aromatic carbocycles. The summed E-state index contributed by atoms with van der Waals surface area (Å²) in [5, 5.41) is 13.3. The van der Waals surface area contributed by atoms with Gasteiger partial charge in [0, 0.05) is 23.5 Å². The number of fused-ring (bicyclic) bond motifs is 1. The molecule has 8 heteroatoms. The number of nitriles is 1. The zero-order chi connectivity index (χ0) is 19.7. The van der Waals surface area contributed by atoms with Crippen LogP contribution in [-0.4, -0.2) is 23.4 Å². The van der Waals surface area contributed by atoms with Crippen molar-refractivity contribution in [3.63, 3.8) is 0 Å². The van der Waals surface area contributed by atoms with Crippen LogP contribution in [0.3, 0.4) is 0 Å². The average molecular weight is 395 g/mol. The van der Waals surface area contributed by atoms with E-state index in [0.717, 1.165) is 25.7 Å². The van der Waals surface area contributed by atoms with Crippen LogP contribution >= 0.6 is 0 Å². The summed E-state index contributed by atoms with van der Waals surface area (Å²) in [4.78, 5) is 4.48. The first-order valence-corrected chi connectivity index (χ1v) is 10.7. The Kier molecular flexibility index (Phi) is 4.69. The number of benzene rings is 1. The summed E-state index contributed by atoms with van der Waals surface area (Å²) in [5.41, 5.74) is 7.61. The Labute approximate surface area is 163 Å². The molecule has 1 aliphatic carbocycles. The van der Waals surface area contributed by atoms with Gasteiger partial charge in [0.1, 0.15) is 0 Å². The van der Waals surface area contributed by atoms with Crippen LogP contribution in [-0.2, 0) is 10.0 Å². The maximum atomic E-state index is 13.0. The van der Waals surface area contributed by atoms with Gasteiger partial charge >= 0.3 is 0 Å². The molecular formula is C20H21N5O2S. The average Bonchev–Trinajstić information content (AvgIpc) is 3.16. The van der Waals surface area contributed by atoms with E-state index >= 15 is 0 Å². The molecule has 0 aliphatic heterocycles. The predicted octanol–water partition coefficient (Wildman–Crippen LogP) is 3.35. The van der Waals surface area contributed by atoms with Crippen molar-refractivity contribution in [3.05, 3.63) is 48.8 Å². The molecule has 2 aromatic heterocycles. The Morgan fingerprint density at radius 1 is 1.21 bits per heavy atom. The van der Waals surface area contributed by atoms with Crippen molar-refractivity contribution in [1.29, 1.82) is 5.26 Å². The lowest BCUT2D eigenvalue weighted by Gasteiger charge is -2.27. The number of nitrogen functional groups attached to an aromatic ring is 1. The van der Waals surface area contributed by atoms with Gasteiger partial charge in [-0.25, -0.2) is 17.4 Å². The van der Waals surface area contributed by atoms with Crippen molar-refractivity contribution in [2.45, 2.75) is 36.6 Å². The van der Waals surface area contributed by atoms with E-state index in [-0.39, 0.29) is 16.9 Å². The molecule has 1 saturated carbocycles. The summed E-state index contributed by atoms with van der Waals surface area (Å²) in [7, 11) is -3.76. The first kappa shape index (κ1) is 18.3. The highest BCUT2D eigenvalue weighted by molar-refractivity contribution is 7.90. The second kappa shape index (κ2) is 7.17. The van der Waals surface area contributed by atoms with Crippen LogP contribution in [0.15, 0.2) is 53.7 Å². The maximum Gasteiger partial charge on any atom is 0.269 e. The van der Waals surface area contributed by atoms with Crippen LogP contribution in [0.25, 0.3) is 11.0 Å². The van der Waals surface area contributed by atoms with E-state index in [1.165, 1.54) is 16.4 Å². The molecule has 0 bridgehead atoms. The van der Waals surface area contributed by atoms with Crippen LogP contribution in [0.1, 0.15) is 25.7 Å². The normalized spacial score (nSPS) is 20.0. The van der Waals surface area contributed by atoms with E-state index in [1.54, 1.807) is 36.4 Å². The number of hydrogen-bond acceptors (Lipinski definition) is 6. The molecule has 0 saturated heterocycles. The van der Waals surface area contributed by atoms with Crippen LogP contribution in [0.4, 0.5) is 11.4 Å². The molecule has 4 rings (SSSR count). The van der Waals surface area contributed by atoms with Gasteiger partial charge in [-0.15, -0.1) is 0 Å². The fourth-order valence-corrected chi connectivity index (χ4v) is 5.10. The van der Waals surface area contributed by atoms with E-state index in [9.17, 15) is 13.7 Å². The van der Waals surface area contributed by atoms with Crippen molar-refractivity contribution in [2.75, 3.05) is 11.1 Å².